The zero-order chi connectivity index (χ0) is 26.2. The van der Waals surface area contributed by atoms with E-state index >= 15 is 0 Å². The van der Waals surface area contributed by atoms with Crippen molar-refractivity contribution in [2.24, 2.45) is 5.92 Å². The quantitative estimate of drug-likeness (QED) is 0.190. The molecule has 0 aliphatic carbocycles. The van der Waals surface area contributed by atoms with Gasteiger partial charge in [-0.3, -0.25) is 14.4 Å². The molecule has 0 radical (unpaired) electrons. The number of H-pyrrole nitrogens is 1. The number of benzene rings is 1. The number of thiophene rings is 1. The van der Waals surface area contributed by atoms with Crippen molar-refractivity contribution in [1.82, 2.24) is 25.7 Å². The Bertz CT molecular complexity index is 1430. The van der Waals surface area contributed by atoms with Crippen molar-refractivity contribution in [3.05, 3.63) is 52.0 Å². The second-order valence-electron chi connectivity index (χ2n) is 8.93. The summed E-state index contributed by atoms with van der Waals surface area (Å²) in [6.07, 6.45) is 1.69. The van der Waals surface area contributed by atoms with Gasteiger partial charge in [-0.1, -0.05) is 37.2 Å². The van der Waals surface area contributed by atoms with Gasteiger partial charge in [0.15, 0.2) is 5.82 Å². The van der Waals surface area contributed by atoms with E-state index in [2.05, 4.69) is 36.3 Å². The molecule has 0 unspecified atom stereocenters. The Morgan fingerprint density at radius 1 is 1.13 bits per heavy atom. The molecule has 0 spiro atoms. The topological polar surface area (TPSA) is 155 Å². The minimum Gasteiger partial charge on any atom is -0.368 e. The van der Waals surface area contributed by atoms with Gasteiger partial charge in [-0.15, -0.1) is 23.7 Å². The monoisotopic (exact) mass is 559 g/mol. The zero-order valence-corrected chi connectivity index (χ0v) is 22.7. The molecule has 0 fully saturated rings. The lowest BCUT2D eigenvalue weighted by atomic mass is 10.1. The number of aromatic amines is 1. The maximum atomic E-state index is 12.2. The Balaban J connectivity index is 0.00000400. The van der Waals surface area contributed by atoms with Crippen LogP contribution in [0.15, 0.2) is 45.0 Å². The lowest BCUT2D eigenvalue weighted by Crippen LogP contribution is -2.26. The molecule has 0 aliphatic rings. The van der Waals surface area contributed by atoms with Crippen molar-refractivity contribution in [1.29, 1.82) is 0 Å². The lowest BCUT2D eigenvalue weighted by Gasteiger charge is -2.08. The first-order valence-corrected chi connectivity index (χ1v) is 13.0. The highest BCUT2D eigenvalue weighted by atomic mass is 35.5. The van der Waals surface area contributed by atoms with E-state index < -0.39 is 0 Å². The molecule has 13 heteroatoms. The number of halogens is 1. The van der Waals surface area contributed by atoms with E-state index in [9.17, 15) is 14.4 Å². The summed E-state index contributed by atoms with van der Waals surface area (Å²) in [4.78, 5) is 40.4. The number of rotatable bonds is 12. The fourth-order valence-corrected chi connectivity index (χ4v) is 4.43. The molecule has 11 nitrogen and oxygen atoms in total. The van der Waals surface area contributed by atoms with Crippen molar-refractivity contribution in [3.8, 4) is 11.4 Å². The molecule has 1 aromatic carbocycles. The molecule has 38 heavy (non-hydrogen) atoms. The van der Waals surface area contributed by atoms with Crippen LogP contribution in [0, 0.1) is 5.92 Å². The van der Waals surface area contributed by atoms with E-state index in [0.717, 1.165) is 16.0 Å². The van der Waals surface area contributed by atoms with E-state index in [0.29, 0.717) is 55.3 Å². The number of nitrogens with one attached hydrogen (secondary N) is 4. The van der Waals surface area contributed by atoms with Crippen LogP contribution in [0.3, 0.4) is 0 Å². The van der Waals surface area contributed by atoms with Gasteiger partial charge in [0.25, 0.3) is 5.56 Å². The molecule has 202 valence electrons. The van der Waals surface area contributed by atoms with Crippen LogP contribution >= 0.6 is 23.7 Å². The Kier molecular flexibility index (Phi) is 10.4. The molecular formula is C25H30ClN7O4S. The molecule has 0 atom stereocenters. The number of aromatic nitrogens is 4. The van der Waals surface area contributed by atoms with Gasteiger partial charge < -0.3 is 20.5 Å². The standard InChI is InChI=1S/C25H29N7O4S.ClH/c1-15(2)12-20(34)28-22-13-16(14-37-22)23-29-21(36-32-23)9-8-19(33)26-10-5-11-27-24-17-6-3-4-7-18(17)25(35)31-30-24;/h3-4,6-7,13-15H,5,8-12H2,1-2H3,(H,26,33)(H,27,30)(H,28,34)(H,31,35);1H. The van der Waals surface area contributed by atoms with Crippen LogP contribution in [0.1, 0.15) is 39.0 Å². The first kappa shape index (κ1) is 28.8. The van der Waals surface area contributed by atoms with Gasteiger partial charge in [0.05, 0.1) is 10.4 Å². The van der Waals surface area contributed by atoms with Crippen molar-refractivity contribution in [3.63, 3.8) is 0 Å². The summed E-state index contributed by atoms with van der Waals surface area (Å²) in [5.74, 6) is 1.54. The van der Waals surface area contributed by atoms with Crippen molar-refractivity contribution in [2.75, 3.05) is 23.7 Å². The summed E-state index contributed by atoms with van der Waals surface area (Å²) in [5.41, 5.74) is 0.522. The third-order valence-electron chi connectivity index (χ3n) is 5.41. The average molecular weight is 560 g/mol. The molecule has 2 amide bonds. The molecule has 4 rings (SSSR count). The summed E-state index contributed by atoms with van der Waals surface area (Å²) in [6, 6.07) is 9.06. The van der Waals surface area contributed by atoms with E-state index in [-0.39, 0.29) is 42.1 Å². The molecule has 3 aromatic heterocycles. The van der Waals surface area contributed by atoms with Gasteiger partial charge in [-0.05, 0) is 24.5 Å². The third kappa shape index (κ3) is 7.86. The van der Waals surface area contributed by atoms with Gasteiger partial charge >= 0.3 is 0 Å². The number of hydrogen-bond donors (Lipinski definition) is 4. The zero-order valence-electron chi connectivity index (χ0n) is 21.1. The molecule has 4 aromatic rings. The molecule has 0 aliphatic heterocycles. The summed E-state index contributed by atoms with van der Waals surface area (Å²) in [5, 5.41) is 23.4. The van der Waals surface area contributed by atoms with Crippen LogP contribution in [-0.2, 0) is 16.0 Å². The summed E-state index contributed by atoms with van der Waals surface area (Å²) in [7, 11) is 0. The van der Waals surface area contributed by atoms with Crippen LogP contribution < -0.4 is 21.5 Å². The van der Waals surface area contributed by atoms with E-state index in [1.54, 1.807) is 12.1 Å². The van der Waals surface area contributed by atoms with Gasteiger partial charge in [0.2, 0.25) is 23.5 Å². The van der Waals surface area contributed by atoms with Crippen molar-refractivity contribution >= 4 is 57.1 Å². The number of anilines is 2. The maximum Gasteiger partial charge on any atom is 0.272 e. The molecule has 0 bridgehead atoms. The van der Waals surface area contributed by atoms with Crippen LogP contribution in [0.5, 0.6) is 0 Å². The number of aryl methyl sites for hydroxylation is 1. The first-order chi connectivity index (χ1) is 17.9. The van der Waals surface area contributed by atoms with Gasteiger partial charge in [0, 0.05) is 48.7 Å². The van der Waals surface area contributed by atoms with Gasteiger partial charge in [-0.25, -0.2) is 5.10 Å². The fraction of sp³-hybridized carbons (Fsp3) is 0.360. The predicted molar refractivity (Wildman–Crippen MR) is 150 cm³/mol. The summed E-state index contributed by atoms with van der Waals surface area (Å²) >= 11 is 1.40. The van der Waals surface area contributed by atoms with Gasteiger partial charge in [0.1, 0.15) is 0 Å². The number of carbonyl (C=O) groups excluding carboxylic acids is 2. The van der Waals surface area contributed by atoms with E-state index in [4.69, 9.17) is 4.52 Å². The predicted octanol–water partition coefficient (Wildman–Crippen LogP) is 3.99. The number of nitrogens with zero attached hydrogens (tertiary/aromatic N) is 3. The second kappa shape index (κ2) is 13.7. The molecular weight excluding hydrogens is 530 g/mol. The smallest absolute Gasteiger partial charge is 0.272 e. The van der Waals surface area contributed by atoms with Crippen molar-refractivity contribution < 1.29 is 14.1 Å². The average Bonchev–Trinajstić information content (AvgIpc) is 3.53. The minimum absolute atomic E-state index is 0. The fourth-order valence-electron chi connectivity index (χ4n) is 3.63. The molecule has 3 heterocycles. The summed E-state index contributed by atoms with van der Waals surface area (Å²) < 4.78 is 5.28. The number of amides is 2. The van der Waals surface area contributed by atoms with E-state index in [1.165, 1.54) is 11.3 Å². The highest BCUT2D eigenvalue weighted by molar-refractivity contribution is 7.14. The third-order valence-corrected chi connectivity index (χ3v) is 6.26. The molecule has 0 saturated heterocycles. The van der Waals surface area contributed by atoms with E-state index in [1.807, 2.05) is 37.4 Å². The molecule has 0 saturated carbocycles. The molecule has 4 N–H and O–H groups in total. The SMILES string of the molecule is CC(C)CC(=O)Nc1cc(-c2noc(CCC(=O)NCCCNc3n[nH]c(=O)c4ccccc34)n2)cs1.Cl. The minimum atomic E-state index is -0.229. The second-order valence-corrected chi connectivity index (χ2v) is 9.85. The lowest BCUT2D eigenvalue weighted by molar-refractivity contribution is -0.121. The van der Waals surface area contributed by atoms with Crippen LogP contribution in [0.2, 0.25) is 0 Å². The summed E-state index contributed by atoms with van der Waals surface area (Å²) in [6.45, 7) is 5.06. The Hall–Kier alpha value is -3.77. The Labute approximate surface area is 229 Å². The Morgan fingerprint density at radius 3 is 2.71 bits per heavy atom. The first-order valence-electron chi connectivity index (χ1n) is 12.1. The highest BCUT2D eigenvalue weighted by Gasteiger charge is 2.14. The van der Waals surface area contributed by atoms with Crippen LogP contribution in [0.4, 0.5) is 10.8 Å². The van der Waals surface area contributed by atoms with Crippen LogP contribution in [-0.4, -0.2) is 45.2 Å². The number of hydrogen-bond acceptors (Lipinski definition) is 9. The number of carbonyl (C=O) groups is 2. The van der Waals surface area contributed by atoms with Crippen molar-refractivity contribution in [2.45, 2.75) is 39.5 Å². The number of fused-ring (bicyclic) bond motifs is 1. The normalized spacial score (nSPS) is 10.8. The Morgan fingerprint density at radius 2 is 1.92 bits per heavy atom. The largest absolute Gasteiger partial charge is 0.368 e. The van der Waals surface area contributed by atoms with Crippen LogP contribution in [0.25, 0.3) is 22.2 Å². The highest BCUT2D eigenvalue weighted by Crippen LogP contribution is 2.27. The van der Waals surface area contributed by atoms with Gasteiger partial charge in [-0.2, -0.15) is 10.1 Å². The maximum absolute atomic E-state index is 12.2.